The lowest BCUT2D eigenvalue weighted by atomic mass is 10.3. The molecule has 1 aliphatic rings. The third-order valence-electron chi connectivity index (χ3n) is 2.27. The summed E-state index contributed by atoms with van der Waals surface area (Å²) in [5.74, 6) is 0.313. The summed E-state index contributed by atoms with van der Waals surface area (Å²) in [5, 5.41) is 11.2. The zero-order valence-electron chi connectivity index (χ0n) is 9.00. The van der Waals surface area contributed by atoms with Crippen LogP contribution < -0.4 is 0 Å². The molecule has 1 saturated heterocycles. The van der Waals surface area contributed by atoms with Crippen LogP contribution >= 0.6 is 11.8 Å². The predicted octanol–water partition coefficient (Wildman–Crippen LogP) is -0.294. The van der Waals surface area contributed by atoms with Gasteiger partial charge in [0.05, 0.1) is 19.8 Å². The summed E-state index contributed by atoms with van der Waals surface area (Å²) in [6, 6.07) is -0.838. The molecule has 0 radical (unpaired) electrons. The molecule has 1 atom stereocenters. The van der Waals surface area contributed by atoms with Crippen molar-refractivity contribution in [3.8, 4) is 0 Å². The molecule has 0 aliphatic carbocycles. The first-order valence-electron chi connectivity index (χ1n) is 5.18. The third kappa shape index (κ3) is 4.56. The number of aliphatic hydroxyl groups excluding tert-OH is 1. The smallest absolute Gasteiger partial charge is 0.218 e. The molecule has 16 heavy (non-hydrogen) atoms. The number of ether oxygens (including phenoxy) is 1. The van der Waals surface area contributed by atoms with E-state index < -0.39 is 6.04 Å². The Kier molecular flexibility index (Phi) is 6.55. The topological polar surface area (TPSA) is 79.2 Å². The first kappa shape index (κ1) is 13.6. The van der Waals surface area contributed by atoms with Gasteiger partial charge in [-0.05, 0) is 0 Å². The van der Waals surface area contributed by atoms with Crippen molar-refractivity contribution in [1.29, 1.82) is 0 Å². The number of carbonyl (C=O) groups is 1. The Labute approximate surface area is 98.3 Å². The molecule has 6 nitrogen and oxygen atoms in total. The zero-order chi connectivity index (χ0) is 11.8. The third-order valence-corrected chi connectivity index (χ3v) is 3.21. The monoisotopic (exact) mass is 248 g/mol. The van der Waals surface area contributed by atoms with E-state index in [9.17, 15) is 9.70 Å². The number of nitrogens with zero attached hydrogens (tertiary/aromatic N) is 2. The van der Waals surface area contributed by atoms with Gasteiger partial charge in [-0.15, -0.1) is 4.91 Å². The van der Waals surface area contributed by atoms with Gasteiger partial charge in [-0.3, -0.25) is 9.69 Å². The van der Waals surface area contributed by atoms with Crippen molar-refractivity contribution < 1.29 is 14.6 Å². The number of thioether (sulfide) groups is 1. The van der Waals surface area contributed by atoms with Gasteiger partial charge in [0.15, 0.2) is 6.04 Å². The number of nitroso groups, excluding NO2 is 1. The summed E-state index contributed by atoms with van der Waals surface area (Å²) in [7, 11) is 0. The van der Waals surface area contributed by atoms with Crippen molar-refractivity contribution >= 4 is 16.9 Å². The van der Waals surface area contributed by atoms with Crippen LogP contribution in [0.3, 0.4) is 0 Å². The Balaban J connectivity index is 2.34. The quantitative estimate of drug-likeness (QED) is 0.650. The van der Waals surface area contributed by atoms with E-state index in [0.717, 1.165) is 24.9 Å². The van der Waals surface area contributed by atoms with Gasteiger partial charge in [-0.25, -0.2) is 0 Å². The highest BCUT2D eigenvalue weighted by molar-refractivity contribution is 8.13. The van der Waals surface area contributed by atoms with Gasteiger partial charge in [-0.2, -0.15) is 0 Å². The largest absolute Gasteiger partial charge is 0.396 e. The van der Waals surface area contributed by atoms with Crippen molar-refractivity contribution in [2.75, 3.05) is 45.2 Å². The SMILES string of the molecule is O=NC(CN1CCOCC1)C(=O)SCCO. The molecule has 0 aromatic heterocycles. The Morgan fingerprint density at radius 1 is 1.50 bits per heavy atom. The van der Waals surface area contributed by atoms with Gasteiger partial charge < -0.3 is 9.84 Å². The second-order valence-electron chi connectivity index (χ2n) is 3.43. The van der Waals surface area contributed by atoms with Gasteiger partial charge >= 0.3 is 0 Å². The fraction of sp³-hybridized carbons (Fsp3) is 0.889. The molecular formula is C9H16N2O4S. The number of hydrogen-bond donors (Lipinski definition) is 1. The minimum atomic E-state index is -0.838. The van der Waals surface area contributed by atoms with Gasteiger partial charge in [0.2, 0.25) is 5.12 Å². The highest BCUT2D eigenvalue weighted by Crippen LogP contribution is 2.10. The maximum Gasteiger partial charge on any atom is 0.218 e. The molecule has 1 fully saturated rings. The lowest BCUT2D eigenvalue weighted by Crippen LogP contribution is -2.42. The summed E-state index contributed by atoms with van der Waals surface area (Å²) in [4.78, 5) is 24.1. The van der Waals surface area contributed by atoms with Crippen molar-refractivity contribution in [3.63, 3.8) is 0 Å². The van der Waals surface area contributed by atoms with Crippen molar-refractivity contribution in [2.45, 2.75) is 6.04 Å². The Hall–Kier alpha value is -0.500. The van der Waals surface area contributed by atoms with Crippen LogP contribution in [0.25, 0.3) is 0 Å². The maximum absolute atomic E-state index is 11.5. The Morgan fingerprint density at radius 3 is 2.75 bits per heavy atom. The van der Waals surface area contributed by atoms with Crippen LogP contribution in [-0.4, -0.2) is 66.4 Å². The second kappa shape index (κ2) is 7.72. The molecule has 1 aliphatic heterocycles. The number of rotatable bonds is 6. The number of aliphatic hydroxyl groups is 1. The molecule has 1 rings (SSSR count). The zero-order valence-corrected chi connectivity index (χ0v) is 9.82. The van der Waals surface area contributed by atoms with Crippen LogP contribution in [0.1, 0.15) is 0 Å². The van der Waals surface area contributed by atoms with Crippen LogP contribution in [0, 0.1) is 4.91 Å². The fourth-order valence-corrected chi connectivity index (χ4v) is 2.02. The van der Waals surface area contributed by atoms with Gasteiger partial charge in [0, 0.05) is 25.4 Å². The molecule has 0 spiro atoms. The molecule has 0 aromatic carbocycles. The van der Waals surface area contributed by atoms with Gasteiger partial charge in [-0.1, -0.05) is 16.9 Å². The van der Waals surface area contributed by atoms with Crippen LogP contribution in [0.4, 0.5) is 0 Å². The number of hydrogen-bond acceptors (Lipinski definition) is 7. The molecule has 1 unspecified atom stereocenters. The summed E-state index contributed by atoms with van der Waals surface area (Å²) in [6.07, 6.45) is 0. The summed E-state index contributed by atoms with van der Waals surface area (Å²) >= 11 is 0.957. The average Bonchev–Trinajstić information content (AvgIpc) is 2.34. The first-order valence-corrected chi connectivity index (χ1v) is 6.16. The van der Waals surface area contributed by atoms with Crippen LogP contribution in [-0.2, 0) is 9.53 Å². The summed E-state index contributed by atoms with van der Waals surface area (Å²) in [5.41, 5.74) is 0. The molecule has 1 heterocycles. The Bertz CT molecular complexity index is 234. The molecule has 0 saturated carbocycles. The number of carbonyl (C=O) groups excluding carboxylic acids is 1. The lowest BCUT2D eigenvalue weighted by molar-refractivity contribution is -0.112. The summed E-state index contributed by atoms with van der Waals surface area (Å²) in [6.45, 7) is 2.99. The van der Waals surface area contributed by atoms with E-state index in [-0.39, 0.29) is 11.7 Å². The normalized spacial score (nSPS) is 19.3. The van der Waals surface area contributed by atoms with E-state index in [2.05, 4.69) is 5.18 Å². The van der Waals surface area contributed by atoms with Crippen LogP contribution in [0.2, 0.25) is 0 Å². The molecule has 7 heteroatoms. The lowest BCUT2D eigenvalue weighted by Gasteiger charge is -2.27. The molecule has 0 amide bonds. The van der Waals surface area contributed by atoms with Crippen LogP contribution in [0.15, 0.2) is 5.18 Å². The molecular weight excluding hydrogens is 232 g/mol. The maximum atomic E-state index is 11.5. The van der Waals surface area contributed by atoms with Crippen molar-refractivity contribution in [1.82, 2.24) is 4.90 Å². The highest BCUT2D eigenvalue weighted by Gasteiger charge is 2.23. The molecule has 0 bridgehead atoms. The fourth-order valence-electron chi connectivity index (χ4n) is 1.42. The van der Waals surface area contributed by atoms with Crippen LogP contribution in [0.5, 0.6) is 0 Å². The Morgan fingerprint density at radius 2 is 2.19 bits per heavy atom. The summed E-state index contributed by atoms with van der Waals surface area (Å²) < 4.78 is 5.17. The van der Waals surface area contributed by atoms with E-state index in [0.29, 0.717) is 25.5 Å². The standard InChI is InChI=1S/C9H16N2O4S/c12-3-6-16-9(13)8(10-14)7-11-1-4-15-5-2-11/h8,12H,1-7H2. The number of morpholine rings is 1. The van der Waals surface area contributed by atoms with E-state index in [1.807, 2.05) is 4.90 Å². The van der Waals surface area contributed by atoms with E-state index >= 15 is 0 Å². The highest BCUT2D eigenvalue weighted by atomic mass is 32.2. The van der Waals surface area contributed by atoms with Gasteiger partial charge in [0.1, 0.15) is 0 Å². The van der Waals surface area contributed by atoms with Crippen molar-refractivity contribution in [3.05, 3.63) is 4.91 Å². The average molecular weight is 248 g/mol. The second-order valence-corrected chi connectivity index (χ2v) is 4.52. The molecule has 1 N–H and O–H groups in total. The van der Waals surface area contributed by atoms with E-state index in [1.165, 1.54) is 0 Å². The minimum Gasteiger partial charge on any atom is -0.396 e. The molecule has 0 aromatic rings. The van der Waals surface area contributed by atoms with E-state index in [1.54, 1.807) is 0 Å². The molecule has 92 valence electrons. The van der Waals surface area contributed by atoms with Gasteiger partial charge in [0.25, 0.3) is 0 Å². The van der Waals surface area contributed by atoms with E-state index in [4.69, 9.17) is 9.84 Å². The predicted molar refractivity (Wildman–Crippen MR) is 61.4 cm³/mol. The first-order chi connectivity index (χ1) is 7.77. The van der Waals surface area contributed by atoms with Crippen molar-refractivity contribution in [2.24, 2.45) is 5.18 Å². The minimum absolute atomic E-state index is 0.0699.